The maximum Gasteiger partial charge on any atom is 0.125 e. The zero-order valence-corrected chi connectivity index (χ0v) is 15.4. The first-order valence-electron chi connectivity index (χ1n) is 8.42. The molecular weight excluding hydrogens is 296 g/mol. The summed E-state index contributed by atoms with van der Waals surface area (Å²) in [7, 11) is 1.72. The van der Waals surface area contributed by atoms with Crippen molar-refractivity contribution in [3.05, 3.63) is 63.9 Å². The Labute approximate surface area is 145 Å². The van der Waals surface area contributed by atoms with Crippen LogP contribution < -0.4 is 5.73 Å². The second-order valence-electron chi connectivity index (χ2n) is 6.45. The molecule has 0 unspecified atom stereocenters. The summed E-state index contributed by atoms with van der Waals surface area (Å²) >= 11 is 0. The summed E-state index contributed by atoms with van der Waals surface area (Å²) in [4.78, 5) is 4.58. The number of methoxy groups -OCH3 is 1. The Bertz CT molecular complexity index is 732. The molecule has 0 saturated carbocycles. The average molecular weight is 324 g/mol. The molecule has 0 aromatic heterocycles. The summed E-state index contributed by atoms with van der Waals surface area (Å²) in [6.45, 7) is 9.09. The lowest BCUT2D eigenvalue weighted by Crippen LogP contribution is -2.15. The van der Waals surface area contributed by atoms with E-state index in [2.05, 4.69) is 57.0 Å². The SMILES string of the molecule is COC1=C(CN=C(N)c2ccc(C)c(C(C)=C(C)C)c2)C=CCC1. The Morgan fingerprint density at radius 2 is 2.00 bits per heavy atom. The van der Waals surface area contributed by atoms with E-state index >= 15 is 0 Å². The van der Waals surface area contributed by atoms with E-state index in [1.807, 2.05) is 6.07 Å². The van der Waals surface area contributed by atoms with E-state index < -0.39 is 0 Å². The number of aryl methyl sites for hydroxylation is 1. The van der Waals surface area contributed by atoms with Crippen LogP contribution in [0.3, 0.4) is 0 Å². The van der Waals surface area contributed by atoms with Crippen LogP contribution in [-0.4, -0.2) is 19.5 Å². The van der Waals surface area contributed by atoms with Crippen LogP contribution in [0, 0.1) is 6.92 Å². The molecule has 0 bridgehead atoms. The Morgan fingerprint density at radius 1 is 1.25 bits per heavy atom. The van der Waals surface area contributed by atoms with Gasteiger partial charge in [-0.05, 0) is 56.9 Å². The molecule has 1 aromatic carbocycles. The largest absolute Gasteiger partial charge is 0.501 e. The van der Waals surface area contributed by atoms with E-state index in [1.165, 1.54) is 22.3 Å². The van der Waals surface area contributed by atoms with Crippen molar-refractivity contribution in [3.8, 4) is 0 Å². The van der Waals surface area contributed by atoms with Gasteiger partial charge in [-0.15, -0.1) is 0 Å². The molecule has 24 heavy (non-hydrogen) atoms. The number of aliphatic imine (C=N–C) groups is 1. The Kier molecular flexibility index (Phi) is 6.02. The van der Waals surface area contributed by atoms with Gasteiger partial charge in [-0.1, -0.05) is 29.9 Å². The third-order valence-electron chi connectivity index (χ3n) is 4.57. The molecule has 1 aromatic rings. The van der Waals surface area contributed by atoms with Crippen LogP contribution in [-0.2, 0) is 4.74 Å². The number of hydrogen-bond acceptors (Lipinski definition) is 2. The third-order valence-corrected chi connectivity index (χ3v) is 4.57. The number of nitrogens with zero attached hydrogens (tertiary/aromatic N) is 1. The fraction of sp³-hybridized carbons (Fsp3) is 0.381. The molecule has 0 saturated heterocycles. The number of ether oxygens (including phenoxy) is 1. The summed E-state index contributed by atoms with van der Waals surface area (Å²) in [6, 6.07) is 6.29. The fourth-order valence-electron chi connectivity index (χ4n) is 2.78. The monoisotopic (exact) mass is 324 g/mol. The van der Waals surface area contributed by atoms with Gasteiger partial charge in [-0.2, -0.15) is 0 Å². The zero-order valence-electron chi connectivity index (χ0n) is 15.4. The molecule has 3 heteroatoms. The van der Waals surface area contributed by atoms with E-state index in [4.69, 9.17) is 10.5 Å². The van der Waals surface area contributed by atoms with Crippen LogP contribution >= 0.6 is 0 Å². The van der Waals surface area contributed by atoms with Crippen LogP contribution in [0.25, 0.3) is 5.57 Å². The molecule has 0 heterocycles. The highest BCUT2D eigenvalue weighted by Crippen LogP contribution is 2.23. The highest BCUT2D eigenvalue weighted by molar-refractivity contribution is 5.98. The molecule has 0 radical (unpaired) electrons. The van der Waals surface area contributed by atoms with Gasteiger partial charge in [0, 0.05) is 17.6 Å². The second-order valence-corrected chi connectivity index (χ2v) is 6.45. The fourth-order valence-corrected chi connectivity index (χ4v) is 2.78. The second kappa shape index (κ2) is 8.00. The first-order chi connectivity index (χ1) is 11.4. The van der Waals surface area contributed by atoms with Crippen molar-refractivity contribution in [1.29, 1.82) is 0 Å². The van der Waals surface area contributed by atoms with Crippen LogP contribution in [0.15, 0.2) is 52.2 Å². The van der Waals surface area contributed by atoms with Crippen LogP contribution in [0.4, 0.5) is 0 Å². The first-order valence-corrected chi connectivity index (χ1v) is 8.42. The van der Waals surface area contributed by atoms with E-state index in [9.17, 15) is 0 Å². The summed E-state index contributed by atoms with van der Waals surface area (Å²) in [5.74, 6) is 1.58. The van der Waals surface area contributed by atoms with Crippen molar-refractivity contribution in [2.75, 3.05) is 13.7 Å². The van der Waals surface area contributed by atoms with E-state index in [-0.39, 0.29) is 0 Å². The van der Waals surface area contributed by atoms with Gasteiger partial charge in [-0.25, -0.2) is 0 Å². The Morgan fingerprint density at radius 3 is 2.67 bits per heavy atom. The van der Waals surface area contributed by atoms with E-state index in [0.29, 0.717) is 12.4 Å². The molecule has 128 valence electrons. The van der Waals surface area contributed by atoms with E-state index in [1.54, 1.807) is 7.11 Å². The standard InChI is InChI=1S/C21H28N2O/c1-14(2)16(4)19-12-17(11-10-15(19)3)21(22)23-13-18-8-6-7-9-20(18)24-5/h6,8,10-12H,7,9,13H2,1-5H3,(H2,22,23). The minimum atomic E-state index is 0.552. The van der Waals surface area contributed by atoms with E-state index in [0.717, 1.165) is 29.7 Å². The first kappa shape index (κ1) is 18.1. The lowest BCUT2D eigenvalue weighted by atomic mass is 9.96. The highest BCUT2D eigenvalue weighted by atomic mass is 16.5. The van der Waals surface area contributed by atoms with Crippen molar-refractivity contribution in [2.24, 2.45) is 10.7 Å². The average Bonchev–Trinajstić information content (AvgIpc) is 2.59. The number of rotatable bonds is 5. The van der Waals surface area contributed by atoms with Crippen LogP contribution in [0.2, 0.25) is 0 Å². The molecule has 0 spiro atoms. The normalized spacial score (nSPS) is 14.8. The van der Waals surface area contributed by atoms with Crippen LogP contribution in [0.1, 0.15) is 50.3 Å². The Balaban J connectivity index is 2.28. The molecule has 0 aliphatic heterocycles. The zero-order chi connectivity index (χ0) is 17.7. The van der Waals surface area contributed by atoms with Crippen molar-refractivity contribution >= 4 is 11.4 Å². The topological polar surface area (TPSA) is 47.6 Å². The predicted molar refractivity (Wildman–Crippen MR) is 103 cm³/mol. The van der Waals surface area contributed by atoms with Gasteiger partial charge < -0.3 is 10.5 Å². The molecule has 0 amide bonds. The summed E-state index contributed by atoms with van der Waals surface area (Å²) in [5.41, 5.74) is 13.4. The lowest BCUT2D eigenvalue weighted by molar-refractivity contribution is 0.272. The van der Waals surface area contributed by atoms with Crippen molar-refractivity contribution in [3.63, 3.8) is 0 Å². The highest BCUT2D eigenvalue weighted by Gasteiger charge is 2.10. The van der Waals surface area contributed by atoms with Crippen molar-refractivity contribution < 1.29 is 4.74 Å². The minimum absolute atomic E-state index is 0.552. The van der Waals surface area contributed by atoms with Gasteiger partial charge in [-0.3, -0.25) is 4.99 Å². The number of hydrogen-bond donors (Lipinski definition) is 1. The molecule has 0 atom stereocenters. The van der Waals surface area contributed by atoms with Gasteiger partial charge >= 0.3 is 0 Å². The number of allylic oxidation sites excluding steroid dienone is 4. The molecule has 2 rings (SSSR count). The molecule has 1 aliphatic rings. The maximum absolute atomic E-state index is 6.24. The quantitative estimate of drug-likeness (QED) is 0.627. The minimum Gasteiger partial charge on any atom is -0.501 e. The molecular formula is C21H28N2O. The molecule has 0 fully saturated rings. The molecule has 1 aliphatic carbocycles. The van der Waals surface area contributed by atoms with Crippen molar-refractivity contribution in [2.45, 2.75) is 40.5 Å². The predicted octanol–water partition coefficient (Wildman–Crippen LogP) is 4.76. The molecule has 2 N–H and O–H groups in total. The van der Waals surface area contributed by atoms with Gasteiger partial charge in [0.25, 0.3) is 0 Å². The van der Waals surface area contributed by atoms with Gasteiger partial charge in [0.05, 0.1) is 13.7 Å². The van der Waals surface area contributed by atoms with Crippen molar-refractivity contribution in [1.82, 2.24) is 0 Å². The summed E-state index contributed by atoms with van der Waals surface area (Å²) < 4.78 is 5.45. The Hall–Kier alpha value is -2.29. The van der Waals surface area contributed by atoms with Crippen LogP contribution in [0.5, 0.6) is 0 Å². The third kappa shape index (κ3) is 4.16. The number of benzene rings is 1. The summed E-state index contributed by atoms with van der Waals surface area (Å²) in [6.07, 6.45) is 6.21. The number of nitrogens with two attached hydrogens (primary N) is 1. The van der Waals surface area contributed by atoms with Gasteiger partial charge in [0.1, 0.15) is 11.6 Å². The van der Waals surface area contributed by atoms with Gasteiger partial charge in [0.15, 0.2) is 0 Å². The number of amidine groups is 1. The smallest absolute Gasteiger partial charge is 0.125 e. The summed E-state index contributed by atoms with van der Waals surface area (Å²) in [5, 5.41) is 0. The maximum atomic E-state index is 6.24. The van der Waals surface area contributed by atoms with Gasteiger partial charge in [0.2, 0.25) is 0 Å². The molecule has 3 nitrogen and oxygen atoms in total. The lowest BCUT2D eigenvalue weighted by Gasteiger charge is -2.14.